The highest BCUT2D eigenvalue weighted by Crippen LogP contribution is 2.32. The van der Waals surface area contributed by atoms with E-state index in [9.17, 15) is 4.79 Å². The van der Waals surface area contributed by atoms with Crippen LogP contribution >= 0.6 is 27.5 Å². The molecule has 21 heavy (non-hydrogen) atoms. The molecule has 1 heterocycles. The summed E-state index contributed by atoms with van der Waals surface area (Å²) in [5.74, 6) is 0.651. The average molecular weight is 372 g/mol. The van der Waals surface area contributed by atoms with Crippen LogP contribution < -0.4 is 5.32 Å². The summed E-state index contributed by atoms with van der Waals surface area (Å²) >= 11 is 9.63. The van der Waals surface area contributed by atoms with E-state index in [-0.39, 0.29) is 5.91 Å². The van der Waals surface area contributed by atoms with Gasteiger partial charge in [-0.2, -0.15) is 0 Å². The molecule has 1 N–H and O–H groups in total. The quantitative estimate of drug-likeness (QED) is 0.875. The van der Waals surface area contributed by atoms with Gasteiger partial charge < -0.3 is 10.2 Å². The number of amides is 1. The van der Waals surface area contributed by atoms with E-state index < -0.39 is 0 Å². The van der Waals surface area contributed by atoms with Crippen LogP contribution in [0, 0.1) is 5.92 Å². The summed E-state index contributed by atoms with van der Waals surface area (Å²) in [5.41, 5.74) is 0.621. The van der Waals surface area contributed by atoms with E-state index in [4.69, 9.17) is 11.6 Å². The van der Waals surface area contributed by atoms with Crippen LogP contribution in [0.5, 0.6) is 0 Å². The minimum Gasteiger partial charge on any atom is -0.335 e. The highest BCUT2D eigenvalue weighted by Gasteiger charge is 2.35. The van der Waals surface area contributed by atoms with E-state index in [0.29, 0.717) is 22.5 Å². The highest BCUT2D eigenvalue weighted by atomic mass is 79.9. The molecule has 1 unspecified atom stereocenters. The Kier molecular flexibility index (Phi) is 4.87. The molecule has 1 amide bonds. The van der Waals surface area contributed by atoms with Crippen molar-refractivity contribution in [1.82, 2.24) is 10.2 Å². The number of hydrogen-bond donors (Lipinski definition) is 1. The van der Waals surface area contributed by atoms with Crippen LogP contribution in [0.15, 0.2) is 22.7 Å². The van der Waals surface area contributed by atoms with Gasteiger partial charge in [0.15, 0.2) is 0 Å². The van der Waals surface area contributed by atoms with E-state index >= 15 is 0 Å². The molecule has 1 saturated carbocycles. The van der Waals surface area contributed by atoms with Gasteiger partial charge in [0.05, 0.1) is 10.6 Å². The van der Waals surface area contributed by atoms with Crippen molar-refractivity contribution >= 4 is 33.4 Å². The maximum atomic E-state index is 12.8. The lowest BCUT2D eigenvalue weighted by Gasteiger charge is -2.30. The largest absolute Gasteiger partial charge is 0.335 e. The van der Waals surface area contributed by atoms with Gasteiger partial charge in [0.2, 0.25) is 0 Å². The molecule has 0 radical (unpaired) electrons. The molecule has 2 fully saturated rings. The smallest absolute Gasteiger partial charge is 0.255 e. The number of rotatable bonds is 4. The molecule has 3 rings (SSSR count). The number of benzene rings is 1. The fraction of sp³-hybridized carbons (Fsp3) is 0.562. The topological polar surface area (TPSA) is 32.3 Å². The van der Waals surface area contributed by atoms with Crippen LogP contribution in [-0.4, -0.2) is 36.5 Å². The number of carbonyl (C=O) groups is 1. The van der Waals surface area contributed by atoms with Gasteiger partial charge >= 0.3 is 0 Å². The van der Waals surface area contributed by atoms with Crippen LogP contribution in [0.1, 0.15) is 36.0 Å². The van der Waals surface area contributed by atoms with Crippen molar-refractivity contribution in [2.75, 3.05) is 19.6 Å². The van der Waals surface area contributed by atoms with Crippen LogP contribution in [0.2, 0.25) is 5.02 Å². The average Bonchev–Trinajstić information content (AvgIpc) is 3.30. The SMILES string of the molecule is O=C(c1ccc(Br)cc1Cl)N(CC1CCCNC1)C1CC1. The lowest BCUT2D eigenvalue weighted by molar-refractivity contribution is 0.0704. The fourth-order valence-electron chi connectivity index (χ4n) is 2.96. The normalized spacial score (nSPS) is 22.1. The molecule has 1 saturated heterocycles. The van der Waals surface area contributed by atoms with Gasteiger partial charge in [0, 0.05) is 17.1 Å². The third kappa shape index (κ3) is 3.79. The minimum atomic E-state index is 0.0839. The van der Waals surface area contributed by atoms with Gasteiger partial charge in [0.1, 0.15) is 0 Å². The van der Waals surface area contributed by atoms with Gasteiger partial charge in [-0.05, 0) is 62.9 Å². The summed E-state index contributed by atoms with van der Waals surface area (Å²) in [6, 6.07) is 5.91. The summed E-state index contributed by atoms with van der Waals surface area (Å²) in [5, 5.41) is 3.96. The first-order chi connectivity index (χ1) is 10.1. The zero-order valence-electron chi connectivity index (χ0n) is 11.9. The molecule has 2 aliphatic rings. The predicted octanol–water partition coefficient (Wildman–Crippen LogP) is 3.71. The molecule has 114 valence electrons. The molecule has 1 aromatic rings. The first-order valence-electron chi connectivity index (χ1n) is 7.62. The van der Waals surface area contributed by atoms with Crippen molar-refractivity contribution in [3.8, 4) is 0 Å². The standard InChI is InChI=1S/C16H20BrClN2O/c17-12-3-6-14(15(18)8-12)16(21)20(13-4-5-13)10-11-2-1-7-19-9-11/h3,6,8,11,13,19H,1-2,4-5,7,9-10H2. The zero-order valence-corrected chi connectivity index (χ0v) is 14.3. The van der Waals surface area contributed by atoms with Crippen molar-refractivity contribution in [3.05, 3.63) is 33.3 Å². The third-order valence-corrected chi connectivity index (χ3v) is 5.07. The van der Waals surface area contributed by atoms with Crippen LogP contribution in [0.4, 0.5) is 0 Å². The van der Waals surface area contributed by atoms with E-state index in [2.05, 4.69) is 21.2 Å². The Morgan fingerprint density at radius 1 is 1.38 bits per heavy atom. The Morgan fingerprint density at radius 2 is 2.19 bits per heavy atom. The van der Waals surface area contributed by atoms with E-state index in [1.807, 2.05) is 17.0 Å². The van der Waals surface area contributed by atoms with Crippen LogP contribution in [-0.2, 0) is 0 Å². The number of hydrogen-bond acceptors (Lipinski definition) is 2. The van der Waals surface area contributed by atoms with Gasteiger partial charge in [-0.15, -0.1) is 0 Å². The van der Waals surface area contributed by atoms with Crippen molar-refractivity contribution in [3.63, 3.8) is 0 Å². The molecule has 3 nitrogen and oxygen atoms in total. The van der Waals surface area contributed by atoms with E-state index in [1.165, 1.54) is 12.8 Å². The van der Waals surface area contributed by atoms with Crippen LogP contribution in [0.3, 0.4) is 0 Å². The summed E-state index contributed by atoms with van der Waals surface area (Å²) in [4.78, 5) is 14.9. The van der Waals surface area contributed by atoms with Gasteiger partial charge in [-0.1, -0.05) is 27.5 Å². The molecular weight excluding hydrogens is 352 g/mol. The second kappa shape index (κ2) is 6.67. The first-order valence-corrected chi connectivity index (χ1v) is 8.79. The summed E-state index contributed by atoms with van der Waals surface area (Å²) in [6.07, 6.45) is 4.66. The number of nitrogens with one attached hydrogen (secondary N) is 1. The zero-order chi connectivity index (χ0) is 14.8. The molecule has 0 aromatic heterocycles. The molecule has 1 aliphatic heterocycles. The van der Waals surface area contributed by atoms with Gasteiger partial charge in [-0.3, -0.25) is 4.79 Å². The Hall–Kier alpha value is -0.580. The Balaban J connectivity index is 1.75. The Bertz CT molecular complexity index is 527. The Morgan fingerprint density at radius 3 is 2.81 bits per heavy atom. The van der Waals surface area contributed by atoms with Crippen molar-refractivity contribution in [1.29, 1.82) is 0 Å². The monoisotopic (exact) mass is 370 g/mol. The predicted molar refractivity (Wildman–Crippen MR) is 88.8 cm³/mol. The molecule has 1 aliphatic carbocycles. The molecular formula is C16H20BrClN2O. The maximum Gasteiger partial charge on any atom is 0.255 e. The summed E-state index contributed by atoms with van der Waals surface area (Å²) in [6.45, 7) is 2.97. The van der Waals surface area contributed by atoms with E-state index in [0.717, 1.165) is 36.9 Å². The minimum absolute atomic E-state index is 0.0839. The number of nitrogens with zero attached hydrogens (tertiary/aromatic N) is 1. The van der Waals surface area contributed by atoms with Crippen molar-refractivity contribution < 1.29 is 4.79 Å². The number of halogens is 2. The lowest BCUT2D eigenvalue weighted by atomic mass is 9.98. The molecule has 1 atom stereocenters. The molecule has 5 heteroatoms. The molecule has 0 spiro atoms. The highest BCUT2D eigenvalue weighted by molar-refractivity contribution is 9.10. The second-order valence-electron chi connectivity index (χ2n) is 6.03. The second-order valence-corrected chi connectivity index (χ2v) is 7.35. The molecule has 0 bridgehead atoms. The van der Waals surface area contributed by atoms with Gasteiger partial charge in [0.25, 0.3) is 5.91 Å². The number of piperidine rings is 1. The van der Waals surface area contributed by atoms with Gasteiger partial charge in [-0.25, -0.2) is 0 Å². The van der Waals surface area contributed by atoms with E-state index in [1.54, 1.807) is 6.07 Å². The number of carbonyl (C=O) groups excluding carboxylic acids is 1. The third-order valence-electron chi connectivity index (χ3n) is 4.26. The lowest BCUT2D eigenvalue weighted by Crippen LogP contribution is -2.42. The fourth-order valence-corrected chi connectivity index (χ4v) is 3.71. The summed E-state index contributed by atoms with van der Waals surface area (Å²) in [7, 11) is 0. The van der Waals surface area contributed by atoms with Crippen molar-refractivity contribution in [2.45, 2.75) is 31.7 Å². The Labute approximate surface area is 139 Å². The van der Waals surface area contributed by atoms with Crippen molar-refractivity contribution in [2.24, 2.45) is 5.92 Å². The summed E-state index contributed by atoms with van der Waals surface area (Å²) < 4.78 is 0.901. The first kappa shape index (κ1) is 15.3. The molecule has 1 aromatic carbocycles. The maximum absolute atomic E-state index is 12.8. The van der Waals surface area contributed by atoms with Crippen LogP contribution in [0.25, 0.3) is 0 Å².